The highest BCUT2D eigenvalue weighted by atomic mass is 16.5. The van der Waals surface area contributed by atoms with Gasteiger partial charge in [-0.1, -0.05) is 18.2 Å². The third-order valence-electron chi connectivity index (χ3n) is 4.89. The van der Waals surface area contributed by atoms with Crippen LogP contribution in [0.4, 0.5) is 0 Å². The van der Waals surface area contributed by atoms with E-state index in [0.29, 0.717) is 11.3 Å². The summed E-state index contributed by atoms with van der Waals surface area (Å²) >= 11 is 0. The number of aromatic amines is 1. The number of benzene rings is 1. The molecule has 0 spiro atoms. The van der Waals surface area contributed by atoms with Gasteiger partial charge in [0.15, 0.2) is 0 Å². The molecule has 26 heavy (non-hydrogen) atoms. The van der Waals surface area contributed by atoms with Crippen LogP contribution in [0.15, 0.2) is 46.1 Å². The van der Waals surface area contributed by atoms with E-state index in [1.165, 1.54) is 10.8 Å². The maximum atomic E-state index is 12.4. The quantitative estimate of drug-likeness (QED) is 0.626. The van der Waals surface area contributed by atoms with Gasteiger partial charge in [0, 0.05) is 30.6 Å². The molecule has 0 saturated carbocycles. The monoisotopic (exact) mass is 357 g/mol. The molecule has 136 valence electrons. The van der Waals surface area contributed by atoms with Crippen molar-refractivity contribution in [2.24, 2.45) is 7.05 Å². The Morgan fingerprint density at radius 3 is 2.77 bits per heavy atom. The van der Waals surface area contributed by atoms with Crippen molar-refractivity contribution in [1.29, 1.82) is 0 Å². The molecule has 1 aliphatic rings. The molecule has 1 aliphatic heterocycles. The number of rotatable bonds is 3. The predicted molar refractivity (Wildman–Crippen MR) is 94.9 cm³/mol. The summed E-state index contributed by atoms with van der Waals surface area (Å²) in [5, 5.41) is 20.1. The van der Waals surface area contributed by atoms with Crippen LogP contribution in [0.5, 0.6) is 0 Å². The van der Waals surface area contributed by atoms with E-state index < -0.39 is 29.7 Å². The molecule has 0 radical (unpaired) electrons. The molecule has 0 unspecified atom stereocenters. The summed E-state index contributed by atoms with van der Waals surface area (Å²) < 4.78 is 8.69. The van der Waals surface area contributed by atoms with E-state index >= 15 is 0 Å². The lowest BCUT2D eigenvalue weighted by atomic mass is 10.2. The maximum Gasteiger partial charge on any atom is 0.330 e. The van der Waals surface area contributed by atoms with Gasteiger partial charge in [-0.2, -0.15) is 0 Å². The summed E-state index contributed by atoms with van der Waals surface area (Å²) in [6.07, 6.45) is -0.761. The molecule has 0 bridgehead atoms. The van der Waals surface area contributed by atoms with Crippen molar-refractivity contribution in [3.05, 3.63) is 57.4 Å². The Hall–Kier alpha value is -2.68. The second-order valence-electron chi connectivity index (χ2n) is 6.47. The Bertz CT molecular complexity index is 1080. The number of H-pyrrole nitrogens is 1. The Morgan fingerprint density at radius 1 is 1.31 bits per heavy atom. The average molecular weight is 357 g/mol. The van der Waals surface area contributed by atoms with Crippen molar-refractivity contribution in [2.45, 2.75) is 24.9 Å². The third-order valence-corrected chi connectivity index (χ3v) is 4.89. The molecule has 3 aromatic rings. The van der Waals surface area contributed by atoms with Crippen LogP contribution < -0.4 is 11.2 Å². The second kappa shape index (κ2) is 6.24. The maximum absolute atomic E-state index is 12.4. The molecular weight excluding hydrogens is 338 g/mol. The van der Waals surface area contributed by atoms with E-state index in [0.717, 1.165) is 10.9 Å². The molecular formula is C18H19N3O5. The summed E-state index contributed by atoms with van der Waals surface area (Å²) in [6.45, 7) is -0.341. The molecule has 0 amide bonds. The molecule has 1 aromatic carbocycles. The number of para-hydroxylation sites is 1. The number of fused-ring (bicyclic) bond motifs is 1. The zero-order valence-corrected chi connectivity index (χ0v) is 14.1. The summed E-state index contributed by atoms with van der Waals surface area (Å²) in [7, 11) is 1.85. The van der Waals surface area contributed by atoms with Gasteiger partial charge in [-0.05, 0) is 12.1 Å². The first-order chi connectivity index (χ1) is 12.5. The van der Waals surface area contributed by atoms with Crippen molar-refractivity contribution in [1.82, 2.24) is 14.1 Å². The Balaban J connectivity index is 1.84. The third kappa shape index (κ3) is 2.59. The number of ether oxygens (including phenoxy) is 1. The van der Waals surface area contributed by atoms with Gasteiger partial charge < -0.3 is 19.5 Å². The number of nitrogens with zero attached hydrogens (tertiary/aromatic N) is 2. The van der Waals surface area contributed by atoms with Crippen LogP contribution in [0.3, 0.4) is 0 Å². The summed E-state index contributed by atoms with van der Waals surface area (Å²) in [6, 6.07) is 9.62. The Kier molecular flexibility index (Phi) is 4.03. The smallest absolute Gasteiger partial charge is 0.330 e. The van der Waals surface area contributed by atoms with Crippen LogP contribution in [0.1, 0.15) is 12.6 Å². The fraction of sp³-hybridized carbons (Fsp3) is 0.333. The molecule has 8 heteroatoms. The predicted octanol–water partition coefficient (Wildman–Crippen LogP) is 0.336. The first kappa shape index (κ1) is 16.8. The van der Waals surface area contributed by atoms with Crippen molar-refractivity contribution in [2.75, 3.05) is 6.61 Å². The minimum absolute atomic E-state index is 0.158. The van der Waals surface area contributed by atoms with Crippen LogP contribution in [0, 0.1) is 0 Å². The standard InChI is InChI=1S/C18H19N3O5/c1-20-12-5-3-2-4-10(12)6-13(20)11-8-21(18(25)19-17(11)24)16-7-14(23)15(9-22)26-16/h2-6,8,14-16,22-23H,7,9H2,1H3,(H,19,24,25)/t14-,15+,16+/m0/s1. The molecule has 3 heterocycles. The van der Waals surface area contributed by atoms with E-state index in [1.54, 1.807) is 0 Å². The summed E-state index contributed by atoms with van der Waals surface area (Å²) in [5.74, 6) is 0. The average Bonchev–Trinajstić information content (AvgIpc) is 3.16. The van der Waals surface area contributed by atoms with Gasteiger partial charge in [-0.15, -0.1) is 0 Å². The van der Waals surface area contributed by atoms with Crippen LogP contribution in [0.2, 0.25) is 0 Å². The second-order valence-corrected chi connectivity index (χ2v) is 6.47. The van der Waals surface area contributed by atoms with Crippen LogP contribution in [-0.2, 0) is 11.8 Å². The van der Waals surface area contributed by atoms with E-state index in [9.17, 15) is 19.8 Å². The molecule has 1 saturated heterocycles. The van der Waals surface area contributed by atoms with Crippen molar-refractivity contribution in [3.63, 3.8) is 0 Å². The molecule has 0 aliphatic carbocycles. The van der Waals surface area contributed by atoms with Gasteiger partial charge in [0.25, 0.3) is 5.56 Å². The Labute approximate surface area is 147 Å². The van der Waals surface area contributed by atoms with E-state index in [-0.39, 0.29) is 13.0 Å². The van der Waals surface area contributed by atoms with Crippen molar-refractivity contribution >= 4 is 10.9 Å². The number of aliphatic hydroxyl groups excluding tert-OH is 2. The van der Waals surface area contributed by atoms with Gasteiger partial charge >= 0.3 is 5.69 Å². The largest absolute Gasteiger partial charge is 0.394 e. The fourth-order valence-electron chi connectivity index (χ4n) is 3.48. The van der Waals surface area contributed by atoms with E-state index in [4.69, 9.17) is 4.74 Å². The number of aryl methyl sites for hydroxylation is 1. The van der Waals surface area contributed by atoms with Crippen LogP contribution >= 0.6 is 0 Å². The minimum atomic E-state index is -0.870. The number of aromatic nitrogens is 3. The molecule has 8 nitrogen and oxygen atoms in total. The number of aliphatic hydroxyl groups is 2. The first-order valence-electron chi connectivity index (χ1n) is 8.34. The molecule has 1 fully saturated rings. The van der Waals surface area contributed by atoms with Crippen LogP contribution in [0.25, 0.3) is 22.2 Å². The van der Waals surface area contributed by atoms with Crippen LogP contribution in [-0.4, -0.2) is 43.1 Å². The molecule has 3 atom stereocenters. The van der Waals surface area contributed by atoms with Crippen molar-refractivity contribution < 1.29 is 14.9 Å². The minimum Gasteiger partial charge on any atom is -0.394 e. The highest BCUT2D eigenvalue weighted by Gasteiger charge is 2.35. The lowest BCUT2D eigenvalue weighted by molar-refractivity contribution is -0.0458. The summed E-state index contributed by atoms with van der Waals surface area (Å²) in [4.78, 5) is 27.0. The number of nitrogens with one attached hydrogen (secondary N) is 1. The number of hydrogen-bond acceptors (Lipinski definition) is 5. The topological polar surface area (TPSA) is 109 Å². The molecule has 2 aromatic heterocycles. The van der Waals surface area contributed by atoms with Gasteiger partial charge in [0.1, 0.15) is 12.3 Å². The van der Waals surface area contributed by atoms with Gasteiger partial charge in [-0.25, -0.2) is 4.79 Å². The highest BCUT2D eigenvalue weighted by molar-refractivity contribution is 5.86. The zero-order valence-electron chi connectivity index (χ0n) is 14.1. The lowest BCUT2D eigenvalue weighted by Gasteiger charge is -2.15. The highest BCUT2D eigenvalue weighted by Crippen LogP contribution is 2.29. The van der Waals surface area contributed by atoms with Gasteiger partial charge in [0.05, 0.1) is 24.0 Å². The molecule has 4 rings (SSSR count). The van der Waals surface area contributed by atoms with E-state index in [1.807, 2.05) is 41.9 Å². The molecule has 3 N–H and O–H groups in total. The van der Waals surface area contributed by atoms with Gasteiger partial charge in [-0.3, -0.25) is 14.3 Å². The fourth-order valence-corrected chi connectivity index (χ4v) is 3.48. The van der Waals surface area contributed by atoms with E-state index in [2.05, 4.69) is 4.98 Å². The zero-order chi connectivity index (χ0) is 18.4. The normalized spacial score (nSPS) is 23.0. The Morgan fingerprint density at radius 2 is 2.08 bits per heavy atom. The number of hydrogen-bond donors (Lipinski definition) is 3. The first-order valence-corrected chi connectivity index (χ1v) is 8.34. The lowest BCUT2D eigenvalue weighted by Crippen LogP contribution is -2.33. The summed E-state index contributed by atoms with van der Waals surface area (Å²) in [5.41, 5.74) is 0.850. The SMILES string of the molecule is Cn1c(-c2cn([C@H]3C[C@H](O)[C@@H](CO)O3)c(=O)[nH]c2=O)cc2ccccc21. The van der Waals surface area contributed by atoms with Gasteiger partial charge in [0.2, 0.25) is 0 Å². The van der Waals surface area contributed by atoms with Crippen molar-refractivity contribution in [3.8, 4) is 11.3 Å².